The summed E-state index contributed by atoms with van der Waals surface area (Å²) in [6, 6.07) is 6.27. The number of methoxy groups -OCH3 is 1. The molecule has 0 N–H and O–H groups in total. The number of benzene rings is 1. The third-order valence-corrected chi connectivity index (χ3v) is 3.30. The summed E-state index contributed by atoms with van der Waals surface area (Å²) in [7, 11) is 8.02. The molecule has 0 radical (unpaired) electrons. The number of ether oxygens (including phenoxy) is 1. The Bertz CT molecular complexity index is 541. The topological polar surface area (TPSA) is 17.4 Å². The van der Waals surface area contributed by atoms with Gasteiger partial charge >= 0.3 is 0 Å². The van der Waals surface area contributed by atoms with E-state index in [2.05, 4.69) is 49.7 Å². The Morgan fingerprint density at radius 2 is 2.00 bits per heavy atom. The predicted octanol–water partition coefficient (Wildman–Crippen LogP) is 2.56. The van der Waals surface area contributed by atoms with Crippen molar-refractivity contribution in [1.29, 1.82) is 0 Å². The van der Waals surface area contributed by atoms with Gasteiger partial charge in [-0.2, -0.15) is 0 Å². The van der Waals surface area contributed by atoms with Gasteiger partial charge < -0.3 is 14.2 Å². The molecule has 92 valence electrons. The number of nitrogens with zero attached hydrogens (tertiary/aromatic N) is 2. The van der Waals surface area contributed by atoms with Crippen LogP contribution in [-0.4, -0.2) is 30.7 Å². The Kier molecular flexibility index (Phi) is 3.11. The Morgan fingerprint density at radius 1 is 1.29 bits per heavy atom. The van der Waals surface area contributed by atoms with Crippen molar-refractivity contribution in [3.05, 3.63) is 29.5 Å². The molecule has 3 nitrogen and oxygen atoms in total. The van der Waals surface area contributed by atoms with Gasteiger partial charge in [-0.05, 0) is 44.8 Å². The van der Waals surface area contributed by atoms with Gasteiger partial charge in [-0.3, -0.25) is 0 Å². The van der Waals surface area contributed by atoms with Crippen molar-refractivity contribution < 1.29 is 4.74 Å². The highest BCUT2D eigenvalue weighted by atomic mass is 16.5. The lowest BCUT2D eigenvalue weighted by Gasteiger charge is -2.10. The normalized spacial score (nSPS) is 11.4. The molecule has 0 amide bonds. The van der Waals surface area contributed by atoms with Crippen LogP contribution in [0, 0.1) is 6.92 Å². The van der Waals surface area contributed by atoms with E-state index >= 15 is 0 Å². The first kappa shape index (κ1) is 12.0. The summed E-state index contributed by atoms with van der Waals surface area (Å²) in [5.41, 5.74) is 3.97. The summed E-state index contributed by atoms with van der Waals surface area (Å²) in [4.78, 5) is 2.20. The summed E-state index contributed by atoms with van der Waals surface area (Å²) in [5, 5.41) is 1.29. The minimum Gasteiger partial charge on any atom is -0.497 e. The summed E-state index contributed by atoms with van der Waals surface area (Å²) in [6.07, 6.45) is 0. The molecule has 0 aliphatic carbocycles. The van der Waals surface area contributed by atoms with Gasteiger partial charge in [0, 0.05) is 30.2 Å². The van der Waals surface area contributed by atoms with E-state index in [0.29, 0.717) is 0 Å². The number of hydrogen-bond acceptors (Lipinski definition) is 2. The minimum atomic E-state index is 0.920. The molecular weight excluding hydrogens is 212 g/mol. The fraction of sp³-hybridized carbons (Fsp3) is 0.429. The highest BCUT2D eigenvalue weighted by molar-refractivity contribution is 5.86. The van der Waals surface area contributed by atoms with Crippen molar-refractivity contribution in [3.8, 4) is 5.75 Å². The largest absolute Gasteiger partial charge is 0.497 e. The summed E-state index contributed by atoms with van der Waals surface area (Å²) in [6.45, 7) is 3.13. The maximum absolute atomic E-state index is 5.31. The lowest BCUT2D eigenvalue weighted by molar-refractivity contribution is 0.402. The summed E-state index contributed by atoms with van der Waals surface area (Å²) >= 11 is 0. The average molecular weight is 232 g/mol. The zero-order valence-electron chi connectivity index (χ0n) is 11.2. The molecule has 0 fully saturated rings. The first-order valence-corrected chi connectivity index (χ1v) is 5.81. The van der Waals surface area contributed by atoms with E-state index in [4.69, 9.17) is 4.74 Å². The van der Waals surface area contributed by atoms with Crippen LogP contribution in [0.5, 0.6) is 5.75 Å². The molecule has 0 unspecified atom stereocenters. The molecule has 0 atom stereocenters. The predicted molar refractivity (Wildman–Crippen MR) is 71.6 cm³/mol. The van der Waals surface area contributed by atoms with Crippen molar-refractivity contribution in [2.45, 2.75) is 13.5 Å². The molecular formula is C14H20N2O. The van der Waals surface area contributed by atoms with Crippen molar-refractivity contribution >= 4 is 10.9 Å². The van der Waals surface area contributed by atoms with Crippen molar-refractivity contribution in [3.63, 3.8) is 0 Å². The highest BCUT2D eigenvalue weighted by Gasteiger charge is 2.12. The SMILES string of the molecule is COc1ccc2c(c1)c(CN(C)C)c(C)n2C. The number of aryl methyl sites for hydroxylation is 1. The van der Waals surface area contributed by atoms with Gasteiger partial charge in [-0.1, -0.05) is 0 Å². The van der Waals surface area contributed by atoms with Crippen LogP contribution < -0.4 is 4.74 Å². The first-order valence-electron chi connectivity index (χ1n) is 5.81. The molecule has 0 saturated carbocycles. The quantitative estimate of drug-likeness (QED) is 0.809. The second-order valence-corrected chi connectivity index (χ2v) is 4.74. The standard InChI is InChI=1S/C14H20N2O/c1-10-13(9-15(2)3)12-8-11(17-5)6-7-14(12)16(10)4/h6-8H,9H2,1-5H3. The Hall–Kier alpha value is -1.48. The smallest absolute Gasteiger partial charge is 0.119 e. The van der Waals surface area contributed by atoms with Crippen molar-refractivity contribution in [2.75, 3.05) is 21.2 Å². The molecule has 2 rings (SSSR count). The van der Waals surface area contributed by atoms with Gasteiger partial charge in [0.05, 0.1) is 7.11 Å². The monoisotopic (exact) mass is 232 g/mol. The molecule has 1 aromatic carbocycles. The third kappa shape index (κ3) is 2.03. The lowest BCUT2D eigenvalue weighted by atomic mass is 10.1. The number of fused-ring (bicyclic) bond motifs is 1. The van der Waals surface area contributed by atoms with Gasteiger partial charge in [0.1, 0.15) is 5.75 Å². The van der Waals surface area contributed by atoms with Crippen LogP contribution in [0.25, 0.3) is 10.9 Å². The van der Waals surface area contributed by atoms with Gasteiger partial charge in [-0.25, -0.2) is 0 Å². The minimum absolute atomic E-state index is 0.920. The average Bonchev–Trinajstić information content (AvgIpc) is 2.53. The second-order valence-electron chi connectivity index (χ2n) is 4.74. The summed E-state index contributed by atoms with van der Waals surface area (Å²) in [5.74, 6) is 0.920. The van der Waals surface area contributed by atoms with Crippen LogP contribution in [0.4, 0.5) is 0 Å². The van der Waals surface area contributed by atoms with Gasteiger partial charge in [0.2, 0.25) is 0 Å². The maximum Gasteiger partial charge on any atom is 0.119 e. The Morgan fingerprint density at radius 3 is 2.59 bits per heavy atom. The molecule has 3 heteroatoms. The van der Waals surface area contributed by atoms with Crippen LogP contribution in [0.15, 0.2) is 18.2 Å². The van der Waals surface area contributed by atoms with E-state index in [1.807, 2.05) is 6.07 Å². The van der Waals surface area contributed by atoms with Crippen LogP contribution in [0.3, 0.4) is 0 Å². The number of aromatic nitrogens is 1. The van der Waals surface area contributed by atoms with Crippen LogP contribution in [-0.2, 0) is 13.6 Å². The third-order valence-electron chi connectivity index (χ3n) is 3.30. The highest BCUT2D eigenvalue weighted by Crippen LogP contribution is 2.29. The number of rotatable bonds is 3. The van der Waals surface area contributed by atoms with Crippen LogP contribution in [0.2, 0.25) is 0 Å². The zero-order valence-corrected chi connectivity index (χ0v) is 11.2. The lowest BCUT2D eigenvalue weighted by Crippen LogP contribution is -2.11. The van der Waals surface area contributed by atoms with E-state index in [1.165, 1.54) is 22.2 Å². The Balaban J connectivity index is 2.66. The first-order chi connectivity index (χ1) is 8.04. The maximum atomic E-state index is 5.31. The van der Waals surface area contributed by atoms with Gasteiger partial charge in [-0.15, -0.1) is 0 Å². The molecule has 0 spiro atoms. The van der Waals surface area contributed by atoms with Gasteiger partial charge in [0.25, 0.3) is 0 Å². The molecule has 2 aromatic rings. The number of hydrogen-bond donors (Lipinski definition) is 0. The fourth-order valence-electron chi connectivity index (χ4n) is 2.27. The van der Waals surface area contributed by atoms with Crippen LogP contribution in [0.1, 0.15) is 11.3 Å². The molecule has 0 saturated heterocycles. The van der Waals surface area contributed by atoms with E-state index in [-0.39, 0.29) is 0 Å². The van der Waals surface area contributed by atoms with E-state index in [9.17, 15) is 0 Å². The molecule has 0 bridgehead atoms. The second kappa shape index (κ2) is 4.41. The zero-order chi connectivity index (χ0) is 12.6. The van der Waals surface area contributed by atoms with Gasteiger partial charge in [0.15, 0.2) is 0 Å². The molecule has 1 heterocycles. The summed E-state index contributed by atoms with van der Waals surface area (Å²) < 4.78 is 7.55. The Labute approximate surface area is 103 Å². The molecule has 0 aliphatic rings. The molecule has 1 aromatic heterocycles. The van der Waals surface area contributed by atoms with E-state index in [0.717, 1.165) is 12.3 Å². The van der Waals surface area contributed by atoms with E-state index in [1.54, 1.807) is 7.11 Å². The van der Waals surface area contributed by atoms with E-state index < -0.39 is 0 Å². The molecule has 0 aliphatic heterocycles. The van der Waals surface area contributed by atoms with Crippen molar-refractivity contribution in [1.82, 2.24) is 9.47 Å². The fourth-order valence-corrected chi connectivity index (χ4v) is 2.27. The molecule has 17 heavy (non-hydrogen) atoms. The van der Waals surface area contributed by atoms with Crippen LogP contribution >= 0.6 is 0 Å². The van der Waals surface area contributed by atoms with Crippen molar-refractivity contribution in [2.24, 2.45) is 7.05 Å².